The molecule has 41 heavy (non-hydrogen) atoms. The molecule has 0 radical (unpaired) electrons. The molecule has 1 saturated carbocycles. The molecular formula is C31H34N2O8. The summed E-state index contributed by atoms with van der Waals surface area (Å²) < 4.78 is 16.7. The van der Waals surface area contributed by atoms with Crippen molar-refractivity contribution in [3.63, 3.8) is 0 Å². The number of amides is 1. The Balaban J connectivity index is 1.31. The van der Waals surface area contributed by atoms with Gasteiger partial charge >= 0.3 is 5.97 Å². The fourth-order valence-electron chi connectivity index (χ4n) is 7.70. The van der Waals surface area contributed by atoms with E-state index in [-0.39, 0.29) is 53.2 Å². The lowest BCUT2D eigenvalue weighted by molar-refractivity contribution is -0.172. The Hall–Kier alpha value is -3.76. The fraction of sp³-hybridized carbons (Fsp3) is 0.484. The number of nitrogens with one attached hydrogen (secondary N) is 1. The van der Waals surface area contributed by atoms with E-state index in [0.29, 0.717) is 24.5 Å². The number of phenolic OH excluding ortho intramolecular Hbond substituents is 1. The third-order valence-electron chi connectivity index (χ3n) is 9.76. The number of likely N-dealkylation sites (tertiary alicyclic amines) is 1. The van der Waals surface area contributed by atoms with Gasteiger partial charge in [-0.2, -0.15) is 0 Å². The van der Waals surface area contributed by atoms with Gasteiger partial charge in [-0.05, 0) is 74.9 Å². The van der Waals surface area contributed by atoms with E-state index < -0.39 is 29.0 Å². The molecule has 5 aliphatic rings. The summed E-state index contributed by atoms with van der Waals surface area (Å²) in [5.74, 6) is -0.305. The highest BCUT2D eigenvalue weighted by Crippen LogP contribution is 2.66. The van der Waals surface area contributed by atoms with E-state index in [2.05, 4.69) is 10.2 Å². The third-order valence-corrected chi connectivity index (χ3v) is 9.76. The van der Waals surface area contributed by atoms with E-state index in [4.69, 9.17) is 14.2 Å². The predicted octanol–water partition coefficient (Wildman–Crippen LogP) is 3.20. The molecule has 2 fully saturated rings. The standard InChI is InChI=1S/C31H34N2O8/c1-3-40-29(37)19-13-18(39-2)7-8-21(19)32-28(36)20-14-31(38)23-12-17-6-9-22(34)26-24(17)30(31,27(41-26)25(20)35)10-11-33(23)15-16-4-5-16/h6-9,13,16,23,27,34-35,38H,3-5,10-12,14-15H2,1-2H3,(H,32,36)/t23-,27+,30+,31-/m1/s1. The SMILES string of the molecule is CCOC(=O)c1cc(OC)ccc1NC(=O)C1=C(O)[C@@H]2Oc3c(O)ccc4c3[C@@]23CCN(CC2CC2)[C@H](C4)[C@]3(O)C1. The minimum atomic E-state index is -1.43. The first-order chi connectivity index (χ1) is 19.7. The Bertz CT molecular complexity index is 1500. The van der Waals surface area contributed by atoms with Crippen molar-refractivity contribution in [2.75, 3.05) is 32.1 Å². The number of phenols is 1. The highest BCUT2D eigenvalue weighted by Gasteiger charge is 2.73. The van der Waals surface area contributed by atoms with Crippen LogP contribution in [0, 0.1) is 5.92 Å². The van der Waals surface area contributed by atoms with Crippen molar-refractivity contribution >= 4 is 17.6 Å². The van der Waals surface area contributed by atoms with Crippen LogP contribution in [-0.2, 0) is 21.4 Å². The zero-order valence-corrected chi connectivity index (χ0v) is 23.1. The smallest absolute Gasteiger partial charge is 0.340 e. The quantitative estimate of drug-likeness (QED) is 0.375. The highest BCUT2D eigenvalue weighted by molar-refractivity contribution is 6.08. The minimum Gasteiger partial charge on any atom is -0.508 e. The van der Waals surface area contributed by atoms with Gasteiger partial charge in [-0.1, -0.05) is 6.07 Å². The Kier molecular flexibility index (Phi) is 5.82. The maximum Gasteiger partial charge on any atom is 0.340 e. The minimum absolute atomic E-state index is 0.00669. The van der Waals surface area contributed by atoms with Gasteiger partial charge in [0.1, 0.15) is 11.5 Å². The summed E-state index contributed by atoms with van der Waals surface area (Å²) in [5, 5.41) is 37.9. The lowest BCUT2D eigenvalue weighted by Gasteiger charge is -2.62. The number of rotatable bonds is 7. The molecule has 216 valence electrons. The second kappa shape index (κ2) is 9.12. The molecule has 1 saturated heterocycles. The van der Waals surface area contributed by atoms with Crippen LogP contribution in [0.2, 0.25) is 0 Å². The van der Waals surface area contributed by atoms with Crippen molar-refractivity contribution in [2.24, 2.45) is 5.92 Å². The third kappa shape index (κ3) is 3.63. The van der Waals surface area contributed by atoms with E-state index in [1.165, 1.54) is 26.0 Å². The van der Waals surface area contributed by atoms with Gasteiger partial charge in [0.25, 0.3) is 5.91 Å². The number of aliphatic hydroxyl groups excluding tert-OH is 1. The summed E-state index contributed by atoms with van der Waals surface area (Å²) in [6.45, 7) is 3.44. The number of esters is 1. The van der Waals surface area contributed by atoms with Crippen molar-refractivity contribution in [3.8, 4) is 17.2 Å². The van der Waals surface area contributed by atoms with Gasteiger partial charge < -0.3 is 34.8 Å². The molecule has 0 aromatic heterocycles. The number of aliphatic hydroxyl groups is 2. The Morgan fingerprint density at radius 2 is 2.00 bits per heavy atom. The van der Waals surface area contributed by atoms with Gasteiger partial charge in [0.05, 0.1) is 41.6 Å². The lowest BCUT2D eigenvalue weighted by Crippen LogP contribution is -2.75. The summed E-state index contributed by atoms with van der Waals surface area (Å²) >= 11 is 0. The number of ether oxygens (including phenoxy) is 3. The number of nitrogens with zero attached hydrogens (tertiary/aromatic N) is 1. The summed E-state index contributed by atoms with van der Waals surface area (Å²) in [6.07, 6.45) is 2.28. The summed E-state index contributed by atoms with van der Waals surface area (Å²) in [5.41, 5.74) is -0.394. The molecule has 1 spiro atoms. The molecule has 10 nitrogen and oxygen atoms in total. The molecule has 2 aromatic carbocycles. The van der Waals surface area contributed by atoms with Crippen LogP contribution in [0.15, 0.2) is 41.7 Å². The number of methoxy groups -OCH3 is 1. The normalized spacial score (nSPS) is 29.4. The monoisotopic (exact) mass is 562 g/mol. The molecule has 4 atom stereocenters. The van der Waals surface area contributed by atoms with Crippen molar-refractivity contribution in [2.45, 2.75) is 62.2 Å². The van der Waals surface area contributed by atoms with E-state index in [9.17, 15) is 24.9 Å². The molecule has 4 N–H and O–H groups in total. The van der Waals surface area contributed by atoms with E-state index >= 15 is 0 Å². The van der Waals surface area contributed by atoms with Gasteiger partial charge in [0, 0.05) is 24.6 Å². The second-order valence-corrected chi connectivity index (χ2v) is 11.9. The number of piperidine rings is 1. The van der Waals surface area contributed by atoms with Crippen LogP contribution in [0.4, 0.5) is 5.69 Å². The van der Waals surface area contributed by atoms with Crippen LogP contribution < -0.4 is 14.8 Å². The van der Waals surface area contributed by atoms with E-state index in [0.717, 1.165) is 24.2 Å². The molecule has 10 heteroatoms. The first-order valence-corrected chi connectivity index (χ1v) is 14.3. The van der Waals surface area contributed by atoms with Crippen LogP contribution in [0.25, 0.3) is 0 Å². The topological polar surface area (TPSA) is 138 Å². The van der Waals surface area contributed by atoms with E-state index in [1.54, 1.807) is 25.1 Å². The molecule has 2 heterocycles. The van der Waals surface area contributed by atoms with Crippen molar-refractivity contribution in [1.82, 2.24) is 4.90 Å². The number of aromatic hydroxyl groups is 1. The Morgan fingerprint density at radius 1 is 1.20 bits per heavy atom. The number of carbonyl (C=O) groups excluding carboxylic acids is 2. The summed E-state index contributed by atoms with van der Waals surface area (Å²) in [7, 11) is 1.47. The van der Waals surface area contributed by atoms with Crippen LogP contribution in [0.1, 0.15) is 54.1 Å². The van der Waals surface area contributed by atoms with Crippen LogP contribution in [0.5, 0.6) is 17.2 Å². The maximum atomic E-state index is 13.9. The van der Waals surface area contributed by atoms with Crippen LogP contribution in [-0.4, -0.2) is 76.6 Å². The molecule has 3 aliphatic carbocycles. The largest absolute Gasteiger partial charge is 0.508 e. The first-order valence-electron chi connectivity index (χ1n) is 14.3. The second-order valence-electron chi connectivity index (χ2n) is 11.9. The Morgan fingerprint density at radius 3 is 2.73 bits per heavy atom. The van der Waals surface area contributed by atoms with Crippen molar-refractivity contribution in [1.29, 1.82) is 0 Å². The van der Waals surface area contributed by atoms with Gasteiger partial charge in [-0.15, -0.1) is 0 Å². The number of carbonyl (C=O) groups is 2. The van der Waals surface area contributed by atoms with Gasteiger partial charge in [0.15, 0.2) is 17.6 Å². The molecule has 1 amide bonds. The average Bonchev–Trinajstić information content (AvgIpc) is 3.70. The molecule has 2 bridgehead atoms. The number of hydrogen-bond donors (Lipinski definition) is 4. The summed E-state index contributed by atoms with van der Waals surface area (Å²) in [6, 6.07) is 7.82. The molecule has 2 aromatic rings. The lowest BCUT2D eigenvalue weighted by atomic mass is 9.49. The highest BCUT2D eigenvalue weighted by atomic mass is 16.5. The predicted molar refractivity (Wildman–Crippen MR) is 147 cm³/mol. The maximum absolute atomic E-state index is 13.9. The Labute approximate surface area is 237 Å². The summed E-state index contributed by atoms with van der Waals surface area (Å²) in [4.78, 5) is 28.9. The molecule has 7 rings (SSSR count). The van der Waals surface area contributed by atoms with Crippen molar-refractivity contribution < 1.29 is 39.1 Å². The van der Waals surface area contributed by atoms with Crippen molar-refractivity contribution in [3.05, 3.63) is 58.4 Å². The number of anilines is 1. The number of hydrogen-bond acceptors (Lipinski definition) is 9. The average molecular weight is 563 g/mol. The zero-order valence-electron chi connectivity index (χ0n) is 23.1. The molecular weight excluding hydrogens is 528 g/mol. The van der Waals surface area contributed by atoms with Gasteiger partial charge in [0.2, 0.25) is 0 Å². The van der Waals surface area contributed by atoms with Gasteiger partial charge in [-0.3, -0.25) is 9.69 Å². The van der Waals surface area contributed by atoms with E-state index in [1.807, 2.05) is 6.07 Å². The zero-order chi connectivity index (χ0) is 28.7. The molecule has 2 aliphatic heterocycles. The van der Waals surface area contributed by atoms with Crippen LogP contribution >= 0.6 is 0 Å². The number of benzene rings is 2. The van der Waals surface area contributed by atoms with Crippen LogP contribution in [0.3, 0.4) is 0 Å². The fourth-order valence-corrected chi connectivity index (χ4v) is 7.70. The van der Waals surface area contributed by atoms with Gasteiger partial charge in [-0.25, -0.2) is 4.79 Å². The molecule has 0 unspecified atom stereocenters. The first kappa shape index (κ1) is 26.2.